The van der Waals surface area contributed by atoms with Crippen LogP contribution in [0.3, 0.4) is 0 Å². The lowest BCUT2D eigenvalue weighted by atomic mass is 9.77. The highest BCUT2D eigenvalue weighted by molar-refractivity contribution is 9.10. The Bertz CT molecular complexity index is 3280. The Balaban J connectivity index is 0.000000251. The molecule has 482 valence electrons. The number of methoxy groups -OCH3 is 2. The van der Waals surface area contributed by atoms with Gasteiger partial charge in [-0.05, 0) is 127 Å². The molecule has 0 spiro atoms. The second kappa shape index (κ2) is 29.3. The number of esters is 2. The van der Waals surface area contributed by atoms with Gasteiger partial charge in [0.05, 0.1) is 36.3 Å². The summed E-state index contributed by atoms with van der Waals surface area (Å²) in [5.74, 6) is 0.320. The first-order valence-electron chi connectivity index (χ1n) is 28.3. The third kappa shape index (κ3) is 20.8. The molecule has 6 aromatic rings. The zero-order valence-corrected chi connectivity index (χ0v) is 57.1. The number of aryl methyl sites for hydroxylation is 2. The van der Waals surface area contributed by atoms with Crippen LogP contribution in [0.15, 0.2) is 78.1 Å². The molecule has 6 aromatic heterocycles. The second-order valence-electron chi connectivity index (χ2n) is 26.0. The van der Waals surface area contributed by atoms with Crippen molar-refractivity contribution in [3.05, 3.63) is 101 Å². The lowest BCUT2D eigenvalue weighted by Crippen LogP contribution is -2.41. The van der Waals surface area contributed by atoms with E-state index >= 15 is 0 Å². The van der Waals surface area contributed by atoms with Crippen molar-refractivity contribution in [3.8, 4) is 45.9 Å². The van der Waals surface area contributed by atoms with Crippen molar-refractivity contribution in [1.82, 2.24) is 39.0 Å². The Labute approximate surface area is 522 Å². The molecule has 28 heteroatoms. The quantitative estimate of drug-likeness (QED) is 0.0269. The first kappa shape index (κ1) is 72.7. The largest absolute Gasteiger partial charge is 0.496 e. The van der Waals surface area contributed by atoms with Gasteiger partial charge in [-0.15, -0.1) is 0 Å². The second-order valence-corrected chi connectivity index (χ2v) is 38.1. The number of ether oxygens (including phenoxy) is 6. The van der Waals surface area contributed by atoms with Crippen LogP contribution in [0.5, 0.6) is 11.8 Å². The summed E-state index contributed by atoms with van der Waals surface area (Å²) < 4.78 is 127. The average Bonchev–Trinajstić information content (AvgIpc) is 3.08. The number of halogens is 7. The fourth-order valence-electron chi connectivity index (χ4n) is 7.91. The lowest BCUT2D eigenvalue weighted by molar-refractivity contribution is -0.153. The molecule has 0 saturated carbocycles. The predicted molar refractivity (Wildman–Crippen MR) is 332 cm³/mol. The van der Waals surface area contributed by atoms with Gasteiger partial charge in [0.1, 0.15) is 38.1 Å². The standard InChI is InChI=1S/C27H35F3N4O4Si.C18H28BNO5.C15H19BrF3N3OSi/c1-18-12-23(38-16-26(2,3)25(35)36-4)32-14-20(18)19-8-9-21(31-13-19)24-33-22(27(28,29)30)15-34(24)17-37-10-11-39(5,6)7;1-12-9-14(23-11-16(2,3)15(21)22-8)20-10-13(12)19-24-17(4,5)18(6,7)25-19;1-24(2,3)7-6-23-10-22-9-13(15(17,18)19)21-14(22)12-5-4-11(16)8-20-12/h8-9,12-15H,10-11,16-17H2,1-7H3;9-10H,11H2,1-8H3;4-5,8-9H,6-7,10H2,1-3H3. The highest BCUT2D eigenvalue weighted by Crippen LogP contribution is 2.38. The molecular formula is C60H82BBrF6N8O10Si2. The van der Waals surface area contributed by atoms with Crippen molar-refractivity contribution in [2.24, 2.45) is 10.8 Å². The fraction of sp³-hybridized carbons (Fsp3) is 0.533. The predicted octanol–water partition coefficient (Wildman–Crippen LogP) is 13.5. The van der Waals surface area contributed by atoms with Crippen molar-refractivity contribution in [2.75, 3.05) is 40.6 Å². The summed E-state index contributed by atoms with van der Waals surface area (Å²) in [4.78, 5) is 48.3. The zero-order chi connectivity index (χ0) is 66.0. The Kier molecular flexibility index (Phi) is 24.2. The molecule has 1 aliphatic heterocycles. The third-order valence-corrected chi connectivity index (χ3v) is 18.1. The Morgan fingerprint density at radius 1 is 0.614 bits per heavy atom. The number of hydrogen-bond acceptors (Lipinski definition) is 16. The molecule has 7 rings (SSSR count). The first-order chi connectivity index (χ1) is 40.6. The molecule has 1 saturated heterocycles. The molecule has 0 radical (unpaired) electrons. The van der Waals surface area contributed by atoms with E-state index in [1.807, 2.05) is 47.6 Å². The Morgan fingerprint density at radius 3 is 1.40 bits per heavy atom. The van der Waals surface area contributed by atoms with E-state index in [1.165, 1.54) is 29.6 Å². The minimum Gasteiger partial charge on any atom is -0.476 e. The molecule has 0 amide bonds. The monoisotopic (exact) mass is 1330 g/mol. The third-order valence-electron chi connectivity index (χ3n) is 14.2. The summed E-state index contributed by atoms with van der Waals surface area (Å²) in [6.07, 6.45) is -0.752. The van der Waals surface area contributed by atoms with Crippen LogP contribution in [0.25, 0.3) is 34.2 Å². The zero-order valence-electron chi connectivity index (χ0n) is 53.5. The Morgan fingerprint density at radius 2 is 1.03 bits per heavy atom. The van der Waals surface area contributed by atoms with Crippen LogP contribution in [0, 0.1) is 24.7 Å². The summed E-state index contributed by atoms with van der Waals surface area (Å²) >= 11 is 3.25. The minimum absolute atomic E-state index is 0.0145. The lowest BCUT2D eigenvalue weighted by Gasteiger charge is -2.32. The number of nitrogens with zero attached hydrogens (tertiary/aromatic N) is 8. The van der Waals surface area contributed by atoms with E-state index in [2.05, 4.69) is 85.1 Å². The number of alkyl halides is 6. The molecule has 0 aromatic carbocycles. The van der Waals surface area contributed by atoms with Crippen LogP contribution in [-0.2, 0) is 63.7 Å². The molecule has 1 fully saturated rings. The van der Waals surface area contributed by atoms with Gasteiger partial charge in [0, 0.05) is 99.7 Å². The number of carbonyl (C=O) groups is 2. The molecule has 0 N–H and O–H groups in total. The number of carbonyl (C=O) groups excluding carboxylic acids is 2. The van der Waals surface area contributed by atoms with Gasteiger partial charge in [-0.3, -0.25) is 19.6 Å². The maximum Gasteiger partial charge on any atom is 0.496 e. The summed E-state index contributed by atoms with van der Waals surface area (Å²) in [5.41, 5.74) is 0.524. The molecule has 0 unspecified atom stereocenters. The van der Waals surface area contributed by atoms with Crippen molar-refractivity contribution in [2.45, 2.75) is 158 Å². The van der Waals surface area contributed by atoms with Gasteiger partial charge in [-0.25, -0.2) is 19.9 Å². The van der Waals surface area contributed by atoms with Gasteiger partial charge in [0.15, 0.2) is 23.0 Å². The van der Waals surface area contributed by atoms with Gasteiger partial charge in [0.25, 0.3) is 0 Å². The maximum absolute atomic E-state index is 13.4. The maximum atomic E-state index is 13.4. The van der Waals surface area contributed by atoms with Gasteiger partial charge in [-0.1, -0.05) is 45.3 Å². The van der Waals surface area contributed by atoms with E-state index in [0.717, 1.165) is 56.7 Å². The first-order valence-corrected chi connectivity index (χ1v) is 36.5. The van der Waals surface area contributed by atoms with Crippen LogP contribution in [0.1, 0.15) is 77.9 Å². The van der Waals surface area contributed by atoms with Crippen LogP contribution in [0.4, 0.5) is 26.3 Å². The van der Waals surface area contributed by atoms with Crippen LogP contribution >= 0.6 is 15.9 Å². The molecule has 0 atom stereocenters. The van der Waals surface area contributed by atoms with E-state index in [1.54, 1.807) is 76.6 Å². The number of pyridine rings is 4. The molecule has 0 bridgehead atoms. The van der Waals surface area contributed by atoms with E-state index < -0.39 is 69.0 Å². The van der Waals surface area contributed by atoms with Crippen LogP contribution in [0.2, 0.25) is 51.4 Å². The smallest absolute Gasteiger partial charge is 0.476 e. The summed E-state index contributed by atoms with van der Waals surface area (Å²) in [7, 11) is -0.357. The van der Waals surface area contributed by atoms with E-state index in [0.29, 0.717) is 36.4 Å². The molecule has 0 aliphatic carbocycles. The van der Waals surface area contributed by atoms with Gasteiger partial charge in [-0.2, -0.15) is 26.3 Å². The molecule has 18 nitrogen and oxygen atoms in total. The topological polar surface area (TPSA) is 195 Å². The molecule has 88 heavy (non-hydrogen) atoms. The molecular weight excluding hydrogens is 1250 g/mol. The highest BCUT2D eigenvalue weighted by atomic mass is 79.9. The average molecular weight is 1340 g/mol. The van der Waals surface area contributed by atoms with Crippen molar-refractivity contribution >= 4 is 56.6 Å². The summed E-state index contributed by atoms with van der Waals surface area (Å²) in [6.45, 7) is 33.4. The molecule has 1 aliphatic rings. The fourth-order valence-corrected chi connectivity index (χ4v) is 9.66. The van der Waals surface area contributed by atoms with E-state index in [9.17, 15) is 35.9 Å². The summed E-state index contributed by atoms with van der Waals surface area (Å²) in [5, 5.41) is 0. The van der Waals surface area contributed by atoms with E-state index in [-0.39, 0.29) is 50.3 Å². The number of hydrogen-bond donors (Lipinski definition) is 0. The van der Waals surface area contributed by atoms with Crippen LogP contribution < -0.4 is 14.9 Å². The van der Waals surface area contributed by atoms with Crippen molar-refractivity contribution < 1.29 is 73.7 Å². The van der Waals surface area contributed by atoms with Crippen molar-refractivity contribution in [1.29, 1.82) is 0 Å². The SMILES string of the molecule is COC(=O)C(C)(C)COc1cc(C)c(-c2ccc(-c3nc(C(F)(F)F)cn3COCC[Si](C)(C)C)nc2)cn1.COC(=O)C(C)(C)COc1cc(C)c(B2OC(C)(C)C(C)(C)O2)cn1.C[Si](C)(C)CCOCn1cc(C(F)(F)F)nc1-c1ccc(Br)cn1. The van der Waals surface area contributed by atoms with E-state index in [4.69, 9.17) is 37.7 Å². The molecule has 7 heterocycles. The minimum atomic E-state index is -4.59. The van der Waals surface area contributed by atoms with Gasteiger partial charge < -0.3 is 46.9 Å². The van der Waals surface area contributed by atoms with Crippen LogP contribution in [-0.4, -0.2) is 126 Å². The number of imidazole rings is 2. The highest BCUT2D eigenvalue weighted by Gasteiger charge is 2.52. The van der Waals surface area contributed by atoms with Crippen molar-refractivity contribution in [3.63, 3.8) is 0 Å². The number of rotatable bonds is 22. The summed E-state index contributed by atoms with van der Waals surface area (Å²) in [6, 6.07) is 12.1. The van der Waals surface area contributed by atoms with Gasteiger partial charge >= 0.3 is 31.4 Å². The number of aromatic nitrogens is 8. The Hall–Kier alpha value is -6.04. The van der Waals surface area contributed by atoms with Gasteiger partial charge in [0.2, 0.25) is 11.8 Å². The normalized spacial score (nSPS) is 14.4.